The number of hydrogen-bond donors (Lipinski definition) is 1. The molecule has 0 radical (unpaired) electrons. The highest BCUT2D eigenvalue weighted by atomic mass is 32.1. The molecule has 2 N–H and O–H groups in total. The van der Waals surface area contributed by atoms with Crippen molar-refractivity contribution in [2.24, 2.45) is 5.73 Å². The molecule has 0 fully saturated rings. The second-order valence-corrected chi connectivity index (χ2v) is 4.24. The summed E-state index contributed by atoms with van der Waals surface area (Å²) in [5.74, 6) is 0. The maximum Gasteiger partial charge on any atom is 0.110 e. The smallest absolute Gasteiger partial charge is 0.110 e. The van der Waals surface area contributed by atoms with Gasteiger partial charge in [-0.3, -0.25) is 0 Å². The Bertz CT molecular complexity index is 335. The Hall–Kier alpha value is -0.850. The molecule has 0 unspecified atom stereocenters. The lowest BCUT2D eigenvalue weighted by Gasteiger charge is -2.17. The summed E-state index contributed by atoms with van der Waals surface area (Å²) >= 11 is 1.60. The van der Waals surface area contributed by atoms with E-state index in [9.17, 15) is 0 Å². The molecular formula is C9H10N2S. The van der Waals surface area contributed by atoms with Crippen LogP contribution in [0.4, 0.5) is 0 Å². The van der Waals surface area contributed by atoms with Crippen LogP contribution in [0.5, 0.6) is 0 Å². The van der Waals surface area contributed by atoms with Gasteiger partial charge in [0.15, 0.2) is 0 Å². The van der Waals surface area contributed by atoms with Crippen LogP contribution in [-0.2, 0) is 6.42 Å². The van der Waals surface area contributed by atoms with E-state index >= 15 is 0 Å². The molecule has 1 aliphatic carbocycles. The third kappa shape index (κ3) is 1.13. The molecule has 3 heteroatoms. The minimum absolute atomic E-state index is 0.173. The summed E-state index contributed by atoms with van der Waals surface area (Å²) < 4.78 is 0. The SMILES string of the molecule is N#Cc1cc2c(s1)CCC[C@H]2N. The Labute approximate surface area is 75.6 Å². The van der Waals surface area contributed by atoms with Crippen molar-refractivity contribution in [1.29, 1.82) is 5.26 Å². The normalized spacial score (nSPS) is 21.5. The Morgan fingerprint density at radius 3 is 3.17 bits per heavy atom. The van der Waals surface area contributed by atoms with E-state index in [0.717, 1.165) is 17.7 Å². The van der Waals surface area contributed by atoms with Gasteiger partial charge in [-0.15, -0.1) is 11.3 Å². The quantitative estimate of drug-likeness (QED) is 0.660. The molecule has 0 bridgehead atoms. The zero-order chi connectivity index (χ0) is 8.55. The van der Waals surface area contributed by atoms with E-state index in [1.165, 1.54) is 16.9 Å². The molecule has 0 saturated carbocycles. The lowest BCUT2D eigenvalue weighted by molar-refractivity contribution is 0.578. The van der Waals surface area contributed by atoms with E-state index in [0.29, 0.717) is 0 Å². The Morgan fingerprint density at radius 1 is 1.67 bits per heavy atom. The van der Waals surface area contributed by atoms with Gasteiger partial charge in [-0.05, 0) is 30.9 Å². The van der Waals surface area contributed by atoms with Gasteiger partial charge in [0.05, 0.1) is 0 Å². The van der Waals surface area contributed by atoms with Crippen LogP contribution in [0.15, 0.2) is 6.07 Å². The van der Waals surface area contributed by atoms with Gasteiger partial charge >= 0.3 is 0 Å². The zero-order valence-electron chi connectivity index (χ0n) is 6.71. The number of hydrogen-bond acceptors (Lipinski definition) is 3. The number of fused-ring (bicyclic) bond motifs is 1. The lowest BCUT2D eigenvalue weighted by atomic mass is 9.95. The summed E-state index contributed by atoms with van der Waals surface area (Å²) in [5, 5.41) is 8.69. The summed E-state index contributed by atoms with van der Waals surface area (Å²) in [6.07, 6.45) is 3.34. The first-order valence-electron chi connectivity index (χ1n) is 4.09. The number of aryl methyl sites for hydroxylation is 1. The fourth-order valence-electron chi connectivity index (χ4n) is 1.65. The molecule has 0 aliphatic heterocycles. The number of rotatable bonds is 0. The van der Waals surface area contributed by atoms with Crippen LogP contribution in [0.3, 0.4) is 0 Å². The van der Waals surface area contributed by atoms with Gasteiger partial charge in [0.25, 0.3) is 0 Å². The van der Waals surface area contributed by atoms with E-state index in [1.807, 2.05) is 6.07 Å². The van der Waals surface area contributed by atoms with Gasteiger partial charge in [-0.1, -0.05) is 0 Å². The van der Waals surface area contributed by atoms with Crippen molar-refractivity contribution in [3.8, 4) is 6.07 Å². The van der Waals surface area contributed by atoms with Crippen LogP contribution in [0, 0.1) is 11.3 Å². The molecule has 1 aromatic heterocycles. The minimum Gasteiger partial charge on any atom is -0.324 e. The summed E-state index contributed by atoms with van der Waals surface area (Å²) in [5.41, 5.74) is 7.12. The van der Waals surface area contributed by atoms with Gasteiger partial charge in [0.2, 0.25) is 0 Å². The standard InChI is InChI=1S/C9H10N2S/c10-5-6-4-7-8(11)2-1-3-9(7)12-6/h4,8H,1-3,11H2/t8-/m1/s1. The molecule has 62 valence electrons. The van der Waals surface area contributed by atoms with Gasteiger partial charge in [-0.25, -0.2) is 0 Å². The Kier molecular flexibility index (Phi) is 1.87. The predicted octanol–water partition coefficient (Wildman–Crippen LogP) is 1.96. The topological polar surface area (TPSA) is 49.8 Å². The first-order chi connectivity index (χ1) is 5.81. The average Bonchev–Trinajstić information content (AvgIpc) is 2.49. The largest absolute Gasteiger partial charge is 0.324 e. The molecule has 2 nitrogen and oxygen atoms in total. The van der Waals surface area contributed by atoms with E-state index < -0.39 is 0 Å². The van der Waals surface area contributed by atoms with Crippen molar-refractivity contribution in [2.75, 3.05) is 0 Å². The number of nitrogens with two attached hydrogens (primary N) is 1. The van der Waals surface area contributed by atoms with E-state index in [-0.39, 0.29) is 6.04 Å². The molecule has 1 aliphatic rings. The van der Waals surface area contributed by atoms with Crippen LogP contribution >= 0.6 is 11.3 Å². The molecule has 2 rings (SSSR count). The highest BCUT2D eigenvalue weighted by Crippen LogP contribution is 2.33. The first-order valence-corrected chi connectivity index (χ1v) is 4.91. The number of thiophene rings is 1. The zero-order valence-corrected chi connectivity index (χ0v) is 7.53. The minimum atomic E-state index is 0.173. The molecule has 0 aromatic carbocycles. The van der Waals surface area contributed by atoms with Gasteiger partial charge in [0.1, 0.15) is 10.9 Å². The summed E-state index contributed by atoms with van der Waals surface area (Å²) in [4.78, 5) is 2.13. The second kappa shape index (κ2) is 2.89. The first kappa shape index (κ1) is 7.78. The van der Waals surface area contributed by atoms with Crippen LogP contribution in [-0.4, -0.2) is 0 Å². The third-order valence-corrected chi connectivity index (χ3v) is 3.39. The molecular weight excluding hydrogens is 168 g/mol. The molecule has 0 spiro atoms. The monoisotopic (exact) mass is 178 g/mol. The van der Waals surface area contributed by atoms with E-state index in [4.69, 9.17) is 11.0 Å². The Balaban J connectivity index is 2.45. The predicted molar refractivity (Wildman–Crippen MR) is 48.9 cm³/mol. The van der Waals surface area contributed by atoms with Crippen molar-refractivity contribution in [3.05, 3.63) is 21.4 Å². The number of nitriles is 1. The second-order valence-electron chi connectivity index (χ2n) is 3.10. The van der Waals surface area contributed by atoms with E-state index in [1.54, 1.807) is 11.3 Å². The maximum atomic E-state index is 8.69. The molecule has 0 amide bonds. The van der Waals surface area contributed by atoms with Crippen LogP contribution in [0.1, 0.15) is 34.2 Å². The van der Waals surface area contributed by atoms with Crippen molar-refractivity contribution in [2.45, 2.75) is 25.3 Å². The maximum absolute atomic E-state index is 8.69. The van der Waals surface area contributed by atoms with Crippen molar-refractivity contribution >= 4 is 11.3 Å². The fourth-order valence-corrected chi connectivity index (χ4v) is 2.72. The highest BCUT2D eigenvalue weighted by molar-refractivity contribution is 7.12. The number of nitrogens with zero attached hydrogens (tertiary/aromatic N) is 1. The molecule has 0 saturated heterocycles. The molecule has 1 atom stereocenters. The fraction of sp³-hybridized carbons (Fsp3) is 0.444. The summed E-state index contributed by atoms with van der Waals surface area (Å²) in [7, 11) is 0. The Morgan fingerprint density at radius 2 is 2.50 bits per heavy atom. The summed E-state index contributed by atoms with van der Waals surface area (Å²) in [6.45, 7) is 0. The highest BCUT2D eigenvalue weighted by Gasteiger charge is 2.19. The molecule has 1 heterocycles. The van der Waals surface area contributed by atoms with Gasteiger partial charge in [-0.2, -0.15) is 5.26 Å². The van der Waals surface area contributed by atoms with Gasteiger partial charge < -0.3 is 5.73 Å². The van der Waals surface area contributed by atoms with Crippen molar-refractivity contribution in [3.63, 3.8) is 0 Å². The van der Waals surface area contributed by atoms with Crippen molar-refractivity contribution < 1.29 is 0 Å². The lowest BCUT2D eigenvalue weighted by Crippen LogP contribution is -2.15. The van der Waals surface area contributed by atoms with Gasteiger partial charge in [0, 0.05) is 10.9 Å². The van der Waals surface area contributed by atoms with Crippen LogP contribution < -0.4 is 5.73 Å². The third-order valence-electron chi connectivity index (χ3n) is 2.27. The molecule has 1 aromatic rings. The molecule has 12 heavy (non-hydrogen) atoms. The summed E-state index contributed by atoms with van der Waals surface area (Å²) in [6, 6.07) is 4.29. The van der Waals surface area contributed by atoms with Crippen molar-refractivity contribution in [1.82, 2.24) is 0 Å². The van der Waals surface area contributed by atoms with Crippen LogP contribution in [0.2, 0.25) is 0 Å². The van der Waals surface area contributed by atoms with Crippen LogP contribution in [0.25, 0.3) is 0 Å². The average molecular weight is 178 g/mol. The van der Waals surface area contributed by atoms with E-state index in [2.05, 4.69) is 6.07 Å².